The van der Waals surface area contributed by atoms with Gasteiger partial charge in [0, 0.05) is 13.7 Å². The number of aromatic nitrogens is 1. The zero-order valence-electron chi connectivity index (χ0n) is 11.4. The van der Waals surface area contributed by atoms with E-state index in [-0.39, 0.29) is 5.91 Å². The van der Waals surface area contributed by atoms with Crippen LogP contribution in [0.2, 0.25) is 0 Å². The standard InChI is InChI=1S/C12H21N3O2S/c1-9-11(18-10(14-9)8-17-4)12(16)13-6-5-7-15(2)3/h5-8H2,1-4H3,(H,13,16). The van der Waals surface area contributed by atoms with E-state index in [4.69, 9.17) is 4.74 Å². The highest BCUT2D eigenvalue weighted by Crippen LogP contribution is 2.18. The van der Waals surface area contributed by atoms with Crippen LogP contribution in [0.4, 0.5) is 0 Å². The summed E-state index contributed by atoms with van der Waals surface area (Å²) in [5, 5.41) is 3.76. The van der Waals surface area contributed by atoms with Crippen LogP contribution in [-0.4, -0.2) is 50.1 Å². The maximum atomic E-state index is 11.9. The molecule has 0 spiro atoms. The number of nitrogens with zero attached hydrogens (tertiary/aromatic N) is 2. The van der Waals surface area contributed by atoms with Gasteiger partial charge in [-0.2, -0.15) is 0 Å². The summed E-state index contributed by atoms with van der Waals surface area (Å²) in [7, 11) is 5.66. The Morgan fingerprint density at radius 2 is 2.22 bits per heavy atom. The molecule has 1 amide bonds. The lowest BCUT2D eigenvalue weighted by atomic mass is 10.3. The summed E-state index contributed by atoms with van der Waals surface area (Å²) < 4.78 is 5.01. The Labute approximate surface area is 112 Å². The van der Waals surface area contributed by atoms with Gasteiger partial charge in [-0.05, 0) is 34.0 Å². The van der Waals surface area contributed by atoms with Crippen molar-refractivity contribution in [2.24, 2.45) is 0 Å². The Hall–Kier alpha value is -0.980. The van der Waals surface area contributed by atoms with E-state index in [9.17, 15) is 4.79 Å². The molecule has 6 heteroatoms. The normalized spacial score (nSPS) is 10.9. The first-order valence-corrected chi connectivity index (χ1v) is 6.74. The Morgan fingerprint density at radius 3 is 2.83 bits per heavy atom. The van der Waals surface area contributed by atoms with Gasteiger partial charge in [0.25, 0.3) is 5.91 Å². The van der Waals surface area contributed by atoms with E-state index in [1.54, 1.807) is 7.11 Å². The molecular formula is C12H21N3O2S. The van der Waals surface area contributed by atoms with Gasteiger partial charge in [-0.1, -0.05) is 0 Å². The molecule has 5 nitrogen and oxygen atoms in total. The Balaban J connectivity index is 2.45. The van der Waals surface area contributed by atoms with Crippen LogP contribution in [0.3, 0.4) is 0 Å². The fourth-order valence-electron chi connectivity index (χ4n) is 1.53. The minimum absolute atomic E-state index is 0.0360. The number of amides is 1. The molecule has 1 heterocycles. The van der Waals surface area contributed by atoms with E-state index in [1.807, 2.05) is 21.0 Å². The lowest BCUT2D eigenvalue weighted by molar-refractivity contribution is 0.0955. The van der Waals surface area contributed by atoms with Crippen molar-refractivity contribution in [3.8, 4) is 0 Å². The summed E-state index contributed by atoms with van der Waals surface area (Å²) in [6.45, 7) is 3.97. The third-order valence-corrected chi connectivity index (χ3v) is 3.51. The van der Waals surface area contributed by atoms with Crippen LogP contribution in [0.1, 0.15) is 26.8 Å². The van der Waals surface area contributed by atoms with Crippen molar-refractivity contribution in [1.82, 2.24) is 15.2 Å². The number of hydrogen-bond donors (Lipinski definition) is 1. The first kappa shape index (κ1) is 15.1. The van der Waals surface area contributed by atoms with E-state index < -0.39 is 0 Å². The van der Waals surface area contributed by atoms with Gasteiger partial charge in [-0.3, -0.25) is 4.79 Å². The minimum Gasteiger partial charge on any atom is -0.378 e. The van der Waals surface area contributed by atoms with Crippen LogP contribution in [0, 0.1) is 6.92 Å². The number of methoxy groups -OCH3 is 1. The zero-order valence-corrected chi connectivity index (χ0v) is 12.3. The highest BCUT2D eigenvalue weighted by Gasteiger charge is 2.14. The van der Waals surface area contributed by atoms with Gasteiger partial charge in [0.2, 0.25) is 0 Å². The van der Waals surface area contributed by atoms with Crippen LogP contribution >= 0.6 is 11.3 Å². The predicted molar refractivity (Wildman–Crippen MR) is 73.1 cm³/mol. The summed E-state index contributed by atoms with van der Waals surface area (Å²) in [6, 6.07) is 0. The molecule has 0 bridgehead atoms. The molecule has 0 aliphatic heterocycles. The molecule has 1 N–H and O–H groups in total. The molecule has 0 atom stereocenters. The van der Waals surface area contributed by atoms with E-state index in [0.29, 0.717) is 18.0 Å². The fourth-order valence-corrected chi connectivity index (χ4v) is 2.48. The maximum absolute atomic E-state index is 11.9. The van der Waals surface area contributed by atoms with Gasteiger partial charge in [0.1, 0.15) is 9.88 Å². The highest BCUT2D eigenvalue weighted by atomic mass is 32.1. The predicted octanol–water partition coefficient (Wildman–Crippen LogP) is 1.28. The van der Waals surface area contributed by atoms with Gasteiger partial charge in [0.15, 0.2) is 0 Å². The number of ether oxygens (including phenoxy) is 1. The molecular weight excluding hydrogens is 250 g/mol. The van der Waals surface area contributed by atoms with E-state index >= 15 is 0 Å². The fraction of sp³-hybridized carbons (Fsp3) is 0.667. The van der Waals surface area contributed by atoms with Gasteiger partial charge >= 0.3 is 0 Å². The van der Waals surface area contributed by atoms with Crippen LogP contribution in [0.5, 0.6) is 0 Å². The van der Waals surface area contributed by atoms with Crippen LogP contribution in [-0.2, 0) is 11.3 Å². The van der Waals surface area contributed by atoms with Gasteiger partial charge in [0.05, 0.1) is 12.3 Å². The number of rotatable bonds is 7. The van der Waals surface area contributed by atoms with Gasteiger partial charge < -0.3 is 15.0 Å². The molecule has 0 aromatic carbocycles. The second-order valence-corrected chi connectivity index (χ2v) is 5.45. The Morgan fingerprint density at radius 1 is 1.50 bits per heavy atom. The van der Waals surface area contributed by atoms with E-state index in [2.05, 4.69) is 15.2 Å². The van der Waals surface area contributed by atoms with Crippen LogP contribution in [0.15, 0.2) is 0 Å². The summed E-state index contributed by atoms with van der Waals surface area (Å²) in [5.74, 6) is -0.0360. The first-order valence-electron chi connectivity index (χ1n) is 5.92. The van der Waals surface area contributed by atoms with Crippen LogP contribution in [0.25, 0.3) is 0 Å². The topological polar surface area (TPSA) is 54.5 Å². The third kappa shape index (κ3) is 4.72. The molecule has 0 fully saturated rings. The molecule has 18 heavy (non-hydrogen) atoms. The monoisotopic (exact) mass is 271 g/mol. The van der Waals surface area contributed by atoms with Crippen molar-refractivity contribution < 1.29 is 9.53 Å². The molecule has 1 rings (SSSR count). The summed E-state index contributed by atoms with van der Waals surface area (Å²) in [5.41, 5.74) is 0.775. The summed E-state index contributed by atoms with van der Waals surface area (Å²) in [4.78, 5) is 19.0. The second-order valence-electron chi connectivity index (χ2n) is 4.37. The molecule has 0 saturated carbocycles. The zero-order chi connectivity index (χ0) is 13.5. The molecule has 0 unspecified atom stereocenters. The highest BCUT2D eigenvalue weighted by molar-refractivity contribution is 7.13. The van der Waals surface area contributed by atoms with Crippen molar-refractivity contribution >= 4 is 17.2 Å². The number of thiazole rings is 1. The van der Waals surface area contributed by atoms with Crippen molar-refractivity contribution in [3.05, 3.63) is 15.6 Å². The summed E-state index contributed by atoms with van der Waals surface area (Å²) in [6.07, 6.45) is 0.946. The Kier molecular flexibility index (Phi) is 6.24. The van der Waals surface area contributed by atoms with E-state index in [0.717, 1.165) is 23.7 Å². The number of carbonyl (C=O) groups is 1. The molecule has 1 aromatic heterocycles. The Bertz CT molecular complexity index is 391. The lowest BCUT2D eigenvalue weighted by Crippen LogP contribution is -2.26. The van der Waals surface area contributed by atoms with Crippen molar-refractivity contribution in [2.45, 2.75) is 20.0 Å². The van der Waals surface area contributed by atoms with Crippen molar-refractivity contribution in [3.63, 3.8) is 0 Å². The molecule has 1 aromatic rings. The van der Waals surface area contributed by atoms with Crippen LogP contribution < -0.4 is 5.32 Å². The first-order chi connectivity index (χ1) is 8.54. The number of nitrogens with one attached hydrogen (secondary N) is 1. The third-order valence-electron chi connectivity index (χ3n) is 2.38. The quantitative estimate of drug-likeness (QED) is 0.759. The SMILES string of the molecule is COCc1nc(C)c(C(=O)NCCCN(C)C)s1. The molecule has 102 valence electrons. The van der Waals surface area contributed by atoms with Gasteiger partial charge in [-0.15, -0.1) is 11.3 Å². The number of carbonyl (C=O) groups excluding carboxylic acids is 1. The average molecular weight is 271 g/mol. The van der Waals surface area contributed by atoms with Crippen molar-refractivity contribution in [2.75, 3.05) is 34.3 Å². The lowest BCUT2D eigenvalue weighted by Gasteiger charge is -2.09. The molecule has 0 saturated heterocycles. The maximum Gasteiger partial charge on any atom is 0.263 e. The average Bonchev–Trinajstić information content (AvgIpc) is 2.66. The largest absolute Gasteiger partial charge is 0.378 e. The molecule has 0 aliphatic rings. The van der Waals surface area contributed by atoms with Gasteiger partial charge in [-0.25, -0.2) is 4.98 Å². The van der Waals surface area contributed by atoms with E-state index in [1.165, 1.54) is 11.3 Å². The van der Waals surface area contributed by atoms with Crippen molar-refractivity contribution in [1.29, 1.82) is 0 Å². The minimum atomic E-state index is -0.0360. The summed E-state index contributed by atoms with van der Waals surface area (Å²) >= 11 is 1.40. The number of aryl methyl sites for hydroxylation is 1. The smallest absolute Gasteiger partial charge is 0.263 e. The molecule has 0 aliphatic carbocycles. The molecule has 0 radical (unpaired) electrons. The second kappa shape index (κ2) is 7.45. The number of hydrogen-bond acceptors (Lipinski definition) is 5.